The third-order valence-corrected chi connectivity index (χ3v) is 3.24. The second-order valence-corrected chi connectivity index (χ2v) is 4.49. The zero-order chi connectivity index (χ0) is 12.5. The number of rotatable bonds is 1. The number of nitrogens with one attached hydrogen (secondary N) is 1. The van der Waals surface area contributed by atoms with Crippen molar-refractivity contribution in [2.45, 2.75) is 18.9 Å². The van der Waals surface area contributed by atoms with E-state index in [1.54, 1.807) is 6.07 Å². The van der Waals surface area contributed by atoms with E-state index in [0.717, 1.165) is 18.5 Å². The van der Waals surface area contributed by atoms with Crippen molar-refractivity contribution in [3.05, 3.63) is 24.3 Å². The Morgan fingerprint density at radius 1 is 1.39 bits per heavy atom. The molecule has 1 N–H and O–H groups in total. The molecular formula is C13H14N2O3. The number of para-hydroxylation sites is 2. The number of hydrogen-bond acceptors (Lipinski definition) is 3. The van der Waals surface area contributed by atoms with Crippen molar-refractivity contribution in [3.63, 3.8) is 0 Å². The molecule has 18 heavy (non-hydrogen) atoms. The van der Waals surface area contributed by atoms with E-state index < -0.39 is 6.10 Å². The second kappa shape index (κ2) is 4.42. The van der Waals surface area contributed by atoms with Crippen molar-refractivity contribution < 1.29 is 14.3 Å². The van der Waals surface area contributed by atoms with Gasteiger partial charge in [0.1, 0.15) is 12.6 Å². The first-order chi connectivity index (χ1) is 8.75. The summed E-state index contributed by atoms with van der Waals surface area (Å²) < 4.78 is 5.40. The first-order valence-corrected chi connectivity index (χ1v) is 6.07. The molecule has 0 saturated carbocycles. The molecule has 0 radical (unpaired) electrons. The molecule has 5 heteroatoms. The summed E-state index contributed by atoms with van der Waals surface area (Å²) in [4.78, 5) is 25.5. The number of anilines is 2. The fourth-order valence-corrected chi connectivity index (χ4v) is 2.38. The Labute approximate surface area is 105 Å². The van der Waals surface area contributed by atoms with E-state index in [2.05, 4.69) is 5.32 Å². The summed E-state index contributed by atoms with van der Waals surface area (Å²) in [6.07, 6.45) is 1.24. The molecule has 2 amide bonds. The summed E-state index contributed by atoms with van der Waals surface area (Å²) in [7, 11) is 0. The first-order valence-electron chi connectivity index (χ1n) is 6.07. The zero-order valence-corrected chi connectivity index (χ0v) is 9.89. The van der Waals surface area contributed by atoms with Gasteiger partial charge in [0.2, 0.25) is 5.91 Å². The highest BCUT2D eigenvalue weighted by molar-refractivity contribution is 6.10. The van der Waals surface area contributed by atoms with Crippen LogP contribution in [0.4, 0.5) is 11.4 Å². The summed E-state index contributed by atoms with van der Waals surface area (Å²) >= 11 is 0. The number of ether oxygens (including phenoxy) is 1. The van der Waals surface area contributed by atoms with Gasteiger partial charge in [0, 0.05) is 6.61 Å². The van der Waals surface area contributed by atoms with Crippen LogP contribution in [0.15, 0.2) is 24.3 Å². The first kappa shape index (κ1) is 11.2. The molecule has 2 aliphatic rings. The van der Waals surface area contributed by atoms with Crippen molar-refractivity contribution in [1.82, 2.24) is 0 Å². The number of carbonyl (C=O) groups excluding carboxylic acids is 2. The molecule has 1 saturated heterocycles. The molecule has 0 aromatic heterocycles. The highest BCUT2D eigenvalue weighted by atomic mass is 16.5. The number of fused-ring (bicyclic) bond motifs is 1. The van der Waals surface area contributed by atoms with Crippen molar-refractivity contribution >= 4 is 23.2 Å². The summed E-state index contributed by atoms with van der Waals surface area (Å²) in [5, 5.41) is 2.76. The van der Waals surface area contributed by atoms with Gasteiger partial charge in [-0.05, 0) is 25.0 Å². The van der Waals surface area contributed by atoms with Crippen LogP contribution in [-0.4, -0.2) is 31.1 Å². The topological polar surface area (TPSA) is 58.6 Å². The van der Waals surface area contributed by atoms with Gasteiger partial charge in [0.15, 0.2) is 0 Å². The van der Waals surface area contributed by atoms with Crippen LogP contribution in [0.25, 0.3) is 0 Å². The van der Waals surface area contributed by atoms with E-state index in [9.17, 15) is 9.59 Å². The van der Waals surface area contributed by atoms with Gasteiger partial charge in [-0.2, -0.15) is 0 Å². The van der Waals surface area contributed by atoms with E-state index in [0.29, 0.717) is 12.3 Å². The van der Waals surface area contributed by atoms with Crippen LogP contribution in [0, 0.1) is 0 Å². The van der Waals surface area contributed by atoms with Crippen molar-refractivity contribution in [2.75, 3.05) is 23.4 Å². The molecule has 0 bridgehead atoms. The fraction of sp³-hybridized carbons (Fsp3) is 0.385. The summed E-state index contributed by atoms with van der Waals surface area (Å²) in [6, 6.07) is 7.31. The Bertz CT molecular complexity index is 495. The molecular weight excluding hydrogens is 232 g/mol. The SMILES string of the molecule is O=C1CN(C(=O)[C@@H]2CCCO2)c2ccccc2N1. The third kappa shape index (κ3) is 1.86. The van der Waals surface area contributed by atoms with Crippen LogP contribution >= 0.6 is 0 Å². The summed E-state index contributed by atoms with van der Waals surface area (Å²) in [5.41, 5.74) is 1.43. The van der Waals surface area contributed by atoms with E-state index in [-0.39, 0.29) is 18.4 Å². The van der Waals surface area contributed by atoms with Crippen LogP contribution in [0.5, 0.6) is 0 Å². The third-order valence-electron chi connectivity index (χ3n) is 3.24. The lowest BCUT2D eigenvalue weighted by molar-refractivity contribution is -0.128. The molecule has 3 rings (SSSR count). The minimum atomic E-state index is -0.399. The van der Waals surface area contributed by atoms with Crippen molar-refractivity contribution in [2.24, 2.45) is 0 Å². The average Bonchev–Trinajstić information content (AvgIpc) is 2.90. The van der Waals surface area contributed by atoms with E-state index in [4.69, 9.17) is 4.74 Å². The molecule has 94 valence electrons. The van der Waals surface area contributed by atoms with Crippen LogP contribution in [-0.2, 0) is 14.3 Å². The molecule has 0 spiro atoms. The van der Waals surface area contributed by atoms with E-state index in [1.807, 2.05) is 18.2 Å². The molecule has 1 atom stereocenters. The van der Waals surface area contributed by atoms with Gasteiger partial charge in [-0.15, -0.1) is 0 Å². The molecule has 0 unspecified atom stereocenters. The Balaban J connectivity index is 1.92. The summed E-state index contributed by atoms with van der Waals surface area (Å²) in [5.74, 6) is -0.283. The number of amides is 2. The normalized spacial score (nSPS) is 22.6. The largest absolute Gasteiger partial charge is 0.368 e. The Morgan fingerprint density at radius 2 is 2.22 bits per heavy atom. The number of nitrogens with zero attached hydrogens (tertiary/aromatic N) is 1. The Kier molecular flexibility index (Phi) is 2.76. The minimum Gasteiger partial charge on any atom is -0.368 e. The maximum atomic E-state index is 12.3. The lowest BCUT2D eigenvalue weighted by atomic mass is 10.1. The molecule has 1 aromatic carbocycles. The van der Waals surface area contributed by atoms with Crippen LogP contribution in [0.2, 0.25) is 0 Å². The van der Waals surface area contributed by atoms with Crippen LogP contribution in [0.3, 0.4) is 0 Å². The van der Waals surface area contributed by atoms with Crippen molar-refractivity contribution in [1.29, 1.82) is 0 Å². The number of benzene rings is 1. The highest BCUT2D eigenvalue weighted by Crippen LogP contribution is 2.30. The fourth-order valence-electron chi connectivity index (χ4n) is 2.38. The van der Waals surface area contributed by atoms with Gasteiger partial charge >= 0.3 is 0 Å². The van der Waals surface area contributed by atoms with E-state index in [1.165, 1.54) is 4.90 Å². The minimum absolute atomic E-state index is 0.0652. The number of hydrogen-bond donors (Lipinski definition) is 1. The monoisotopic (exact) mass is 246 g/mol. The zero-order valence-electron chi connectivity index (χ0n) is 9.89. The van der Waals surface area contributed by atoms with Gasteiger partial charge in [0.05, 0.1) is 11.4 Å². The van der Waals surface area contributed by atoms with Crippen molar-refractivity contribution in [3.8, 4) is 0 Å². The van der Waals surface area contributed by atoms with Gasteiger partial charge in [0.25, 0.3) is 5.91 Å². The number of carbonyl (C=O) groups is 2. The van der Waals surface area contributed by atoms with Gasteiger partial charge in [-0.25, -0.2) is 0 Å². The van der Waals surface area contributed by atoms with Gasteiger partial charge in [-0.1, -0.05) is 12.1 Å². The Hall–Kier alpha value is -1.88. The van der Waals surface area contributed by atoms with Crippen LogP contribution in [0.1, 0.15) is 12.8 Å². The standard InChI is InChI=1S/C13H14N2O3/c16-12-8-15(13(17)11-6-3-7-18-11)10-5-2-1-4-9(10)14-12/h1-2,4-5,11H,3,6-8H2,(H,14,16)/t11-/m0/s1. The predicted octanol–water partition coefficient (Wildman–Crippen LogP) is 1.15. The highest BCUT2D eigenvalue weighted by Gasteiger charge is 2.33. The maximum Gasteiger partial charge on any atom is 0.256 e. The summed E-state index contributed by atoms with van der Waals surface area (Å²) in [6.45, 7) is 0.688. The molecule has 2 aliphatic heterocycles. The van der Waals surface area contributed by atoms with Crippen LogP contribution < -0.4 is 10.2 Å². The smallest absolute Gasteiger partial charge is 0.256 e. The Morgan fingerprint density at radius 3 is 3.00 bits per heavy atom. The second-order valence-electron chi connectivity index (χ2n) is 4.49. The molecule has 1 aromatic rings. The average molecular weight is 246 g/mol. The maximum absolute atomic E-state index is 12.3. The predicted molar refractivity (Wildman–Crippen MR) is 66.4 cm³/mol. The van der Waals surface area contributed by atoms with Gasteiger partial charge in [-0.3, -0.25) is 14.5 Å². The quantitative estimate of drug-likeness (QED) is 0.808. The lowest BCUT2D eigenvalue weighted by Gasteiger charge is -2.30. The van der Waals surface area contributed by atoms with Gasteiger partial charge < -0.3 is 10.1 Å². The molecule has 1 fully saturated rings. The molecule has 5 nitrogen and oxygen atoms in total. The molecule has 0 aliphatic carbocycles. The van der Waals surface area contributed by atoms with E-state index >= 15 is 0 Å². The molecule has 2 heterocycles. The lowest BCUT2D eigenvalue weighted by Crippen LogP contribution is -2.46.